The lowest BCUT2D eigenvalue weighted by Gasteiger charge is -2.29. The van der Waals surface area contributed by atoms with Crippen LogP contribution in [0.15, 0.2) is 73.1 Å². The van der Waals surface area contributed by atoms with Gasteiger partial charge in [-0.2, -0.15) is 4.98 Å². The molecule has 0 saturated carbocycles. The van der Waals surface area contributed by atoms with Crippen molar-refractivity contribution in [3.63, 3.8) is 0 Å². The Morgan fingerprint density at radius 3 is 2.74 bits per heavy atom. The maximum atomic E-state index is 11.0. The zero-order valence-corrected chi connectivity index (χ0v) is 21.2. The van der Waals surface area contributed by atoms with Crippen molar-refractivity contribution in [2.75, 3.05) is 23.4 Å². The summed E-state index contributed by atoms with van der Waals surface area (Å²) in [7, 11) is 0. The molecule has 10 heteroatoms. The van der Waals surface area contributed by atoms with E-state index in [4.69, 9.17) is 19.8 Å². The van der Waals surface area contributed by atoms with E-state index in [0.29, 0.717) is 42.3 Å². The number of anilines is 3. The van der Waals surface area contributed by atoms with Crippen molar-refractivity contribution in [2.45, 2.75) is 32.4 Å². The molecular weight excluding hydrogens is 482 g/mol. The Morgan fingerprint density at radius 1 is 1.08 bits per heavy atom. The van der Waals surface area contributed by atoms with Gasteiger partial charge in [0.1, 0.15) is 12.4 Å². The van der Waals surface area contributed by atoms with Crippen LogP contribution in [0, 0.1) is 0 Å². The van der Waals surface area contributed by atoms with Crippen molar-refractivity contribution >= 4 is 23.7 Å². The van der Waals surface area contributed by atoms with Gasteiger partial charge in [-0.25, -0.2) is 19.7 Å². The van der Waals surface area contributed by atoms with Crippen molar-refractivity contribution in [1.82, 2.24) is 25.3 Å². The Kier molecular flexibility index (Phi) is 7.30. The van der Waals surface area contributed by atoms with Crippen LogP contribution < -0.4 is 20.3 Å². The number of amides is 1. The number of hydrogen-bond acceptors (Lipinski definition) is 8. The van der Waals surface area contributed by atoms with E-state index in [1.807, 2.05) is 72.5 Å². The van der Waals surface area contributed by atoms with E-state index in [0.717, 1.165) is 23.1 Å². The molecule has 1 aliphatic heterocycles. The Labute approximate surface area is 220 Å². The molecule has 0 fully saturated rings. The van der Waals surface area contributed by atoms with Crippen LogP contribution in [0.2, 0.25) is 0 Å². The predicted octanol–water partition coefficient (Wildman–Crippen LogP) is 4.84. The number of carboxylic acid groups (broad SMARTS) is 1. The van der Waals surface area contributed by atoms with Crippen LogP contribution in [0.25, 0.3) is 11.4 Å². The van der Waals surface area contributed by atoms with Gasteiger partial charge in [-0.15, -0.1) is 0 Å². The molecule has 38 heavy (non-hydrogen) atoms. The number of ether oxygens (including phenoxy) is 1. The largest absolute Gasteiger partial charge is 0.486 e. The second-order valence-electron chi connectivity index (χ2n) is 9.15. The maximum Gasteiger partial charge on any atom is 0.405 e. The molecule has 3 N–H and O–H groups in total. The zero-order chi connectivity index (χ0) is 26.5. The standard InChI is InChI=1S/C28H29N7O3/c1-18(15-20-7-6-10-22(16-20)19(2)32-28(36)37)31-27-29-12-11-24(33-27)35-13-14-38-23-17-30-25(34-26(23)35)21-8-4-3-5-9-21/h3-12,16-19,32H,13-15H2,1-2H3,(H,36,37)(H,29,31,33). The van der Waals surface area contributed by atoms with E-state index >= 15 is 0 Å². The first-order chi connectivity index (χ1) is 18.5. The minimum atomic E-state index is -1.04. The van der Waals surface area contributed by atoms with Crippen molar-refractivity contribution in [2.24, 2.45) is 0 Å². The summed E-state index contributed by atoms with van der Waals surface area (Å²) in [5, 5.41) is 14.9. The summed E-state index contributed by atoms with van der Waals surface area (Å²) < 4.78 is 5.81. The van der Waals surface area contributed by atoms with Gasteiger partial charge in [0, 0.05) is 17.8 Å². The number of nitrogens with zero attached hydrogens (tertiary/aromatic N) is 5. The summed E-state index contributed by atoms with van der Waals surface area (Å²) in [4.78, 5) is 31.5. The van der Waals surface area contributed by atoms with Gasteiger partial charge in [0.25, 0.3) is 0 Å². The van der Waals surface area contributed by atoms with E-state index in [9.17, 15) is 4.79 Å². The molecule has 1 aliphatic rings. The summed E-state index contributed by atoms with van der Waals surface area (Å²) >= 11 is 0. The highest BCUT2D eigenvalue weighted by molar-refractivity contribution is 5.68. The van der Waals surface area contributed by atoms with Crippen molar-refractivity contribution in [3.8, 4) is 17.1 Å². The Hall–Kier alpha value is -4.73. The number of aromatic nitrogens is 4. The van der Waals surface area contributed by atoms with Gasteiger partial charge in [-0.3, -0.25) is 0 Å². The van der Waals surface area contributed by atoms with Crippen LogP contribution in [-0.2, 0) is 6.42 Å². The van der Waals surface area contributed by atoms with Crippen LogP contribution in [0.3, 0.4) is 0 Å². The molecule has 2 aromatic heterocycles. The summed E-state index contributed by atoms with van der Waals surface area (Å²) in [5.74, 6) is 3.13. The molecule has 3 heterocycles. The van der Waals surface area contributed by atoms with Gasteiger partial charge in [0.05, 0.1) is 18.8 Å². The third kappa shape index (κ3) is 5.80. The second kappa shape index (κ2) is 11.1. The lowest BCUT2D eigenvalue weighted by Crippen LogP contribution is -2.31. The minimum Gasteiger partial charge on any atom is -0.486 e. The highest BCUT2D eigenvalue weighted by atomic mass is 16.5. The number of carbonyl (C=O) groups is 1. The number of fused-ring (bicyclic) bond motifs is 1. The average Bonchev–Trinajstić information content (AvgIpc) is 2.93. The topological polar surface area (TPSA) is 125 Å². The molecule has 10 nitrogen and oxygen atoms in total. The molecule has 4 aromatic rings. The van der Waals surface area contributed by atoms with Gasteiger partial charge in [-0.1, -0.05) is 54.6 Å². The van der Waals surface area contributed by atoms with Crippen LogP contribution in [0.1, 0.15) is 31.0 Å². The molecule has 0 spiro atoms. The molecule has 0 saturated heterocycles. The molecule has 0 bridgehead atoms. The van der Waals surface area contributed by atoms with E-state index in [1.54, 1.807) is 12.4 Å². The number of hydrogen-bond donors (Lipinski definition) is 3. The quantitative estimate of drug-likeness (QED) is 0.305. The Morgan fingerprint density at radius 2 is 1.92 bits per heavy atom. The van der Waals surface area contributed by atoms with Crippen molar-refractivity contribution in [1.29, 1.82) is 0 Å². The molecule has 0 radical (unpaired) electrons. The second-order valence-corrected chi connectivity index (χ2v) is 9.15. The van der Waals surface area contributed by atoms with Crippen LogP contribution in [0.4, 0.5) is 22.4 Å². The summed E-state index contributed by atoms with van der Waals surface area (Å²) in [5.41, 5.74) is 2.93. The molecular formula is C28H29N7O3. The number of rotatable bonds is 8. The number of benzene rings is 2. The first kappa shape index (κ1) is 24.9. The van der Waals surface area contributed by atoms with Gasteiger partial charge in [0.2, 0.25) is 5.95 Å². The van der Waals surface area contributed by atoms with E-state index < -0.39 is 6.09 Å². The monoisotopic (exact) mass is 511 g/mol. The fourth-order valence-corrected chi connectivity index (χ4v) is 4.41. The lowest BCUT2D eigenvalue weighted by atomic mass is 10.0. The molecule has 2 unspecified atom stereocenters. The van der Waals surface area contributed by atoms with Crippen molar-refractivity contribution < 1.29 is 14.6 Å². The fourth-order valence-electron chi connectivity index (χ4n) is 4.41. The smallest absolute Gasteiger partial charge is 0.405 e. The normalized spacial score (nSPS) is 14.1. The number of nitrogens with one attached hydrogen (secondary N) is 2. The van der Waals surface area contributed by atoms with Gasteiger partial charge in [0.15, 0.2) is 17.4 Å². The predicted molar refractivity (Wildman–Crippen MR) is 145 cm³/mol. The molecule has 194 valence electrons. The SMILES string of the molecule is CC(Cc1cccc(C(C)NC(=O)O)c1)Nc1nccc(N2CCOc3cnc(-c4ccccc4)nc32)n1. The van der Waals surface area contributed by atoms with Gasteiger partial charge >= 0.3 is 6.09 Å². The van der Waals surface area contributed by atoms with Crippen LogP contribution in [0.5, 0.6) is 5.75 Å². The average molecular weight is 512 g/mol. The lowest BCUT2D eigenvalue weighted by molar-refractivity contribution is 0.191. The molecule has 5 rings (SSSR count). The third-order valence-electron chi connectivity index (χ3n) is 6.22. The summed E-state index contributed by atoms with van der Waals surface area (Å²) in [6, 6.07) is 19.3. The molecule has 2 aromatic carbocycles. The Balaban J connectivity index is 1.31. The van der Waals surface area contributed by atoms with E-state index in [1.165, 1.54) is 0 Å². The first-order valence-corrected chi connectivity index (χ1v) is 12.5. The molecule has 0 aliphatic carbocycles. The summed E-state index contributed by atoms with van der Waals surface area (Å²) in [6.07, 6.45) is 3.11. The van der Waals surface area contributed by atoms with Gasteiger partial charge < -0.3 is 25.4 Å². The maximum absolute atomic E-state index is 11.0. The van der Waals surface area contributed by atoms with E-state index in [2.05, 4.69) is 27.5 Å². The van der Waals surface area contributed by atoms with Crippen LogP contribution in [-0.4, -0.2) is 50.3 Å². The fraction of sp³-hybridized carbons (Fsp3) is 0.250. The van der Waals surface area contributed by atoms with E-state index in [-0.39, 0.29) is 12.1 Å². The van der Waals surface area contributed by atoms with Crippen molar-refractivity contribution in [3.05, 3.63) is 84.2 Å². The van der Waals surface area contributed by atoms with Gasteiger partial charge in [-0.05, 0) is 37.5 Å². The Bertz CT molecular complexity index is 1420. The molecule has 2 atom stereocenters. The zero-order valence-electron chi connectivity index (χ0n) is 21.2. The minimum absolute atomic E-state index is 0.0345. The highest BCUT2D eigenvalue weighted by Gasteiger charge is 2.24. The van der Waals surface area contributed by atoms with Crippen LogP contribution >= 0.6 is 0 Å². The summed E-state index contributed by atoms with van der Waals surface area (Å²) in [6.45, 7) is 4.98. The third-order valence-corrected chi connectivity index (χ3v) is 6.22. The first-order valence-electron chi connectivity index (χ1n) is 12.5. The molecule has 1 amide bonds. The highest BCUT2D eigenvalue weighted by Crippen LogP contribution is 2.35.